The third-order valence-corrected chi connectivity index (χ3v) is 1.46. The van der Waals surface area contributed by atoms with Crippen LogP contribution < -0.4 is 5.48 Å². The van der Waals surface area contributed by atoms with E-state index in [4.69, 9.17) is 5.21 Å². The Morgan fingerprint density at radius 3 is 2.71 bits per heavy atom. The molecule has 0 saturated heterocycles. The second-order valence-electron chi connectivity index (χ2n) is 2.47. The number of nitrogens with zero attached hydrogens (tertiary/aromatic N) is 1. The first-order valence-electron chi connectivity index (χ1n) is 4.02. The Labute approximate surface area is 81.6 Å². The molecule has 4 nitrogen and oxygen atoms in total. The van der Waals surface area contributed by atoms with Gasteiger partial charge in [-0.25, -0.2) is 5.48 Å². The number of nitrogens with one attached hydrogen (secondary N) is 1. The Morgan fingerprint density at radius 1 is 1.36 bits per heavy atom. The van der Waals surface area contributed by atoms with Gasteiger partial charge in [-0.15, -0.1) is 0 Å². The molecule has 0 aliphatic carbocycles. The van der Waals surface area contributed by atoms with Crippen LogP contribution in [0.5, 0.6) is 0 Å². The number of hydrogen-bond donors (Lipinski definition) is 2. The fourth-order valence-corrected chi connectivity index (χ4v) is 0.821. The average Bonchev–Trinajstić information content (AvgIpc) is 2.25. The molecule has 14 heavy (non-hydrogen) atoms. The molecule has 4 heteroatoms. The molecule has 0 unspecified atom stereocenters. The van der Waals surface area contributed by atoms with Gasteiger partial charge in [0.25, 0.3) is 5.91 Å². The number of hydrogen-bond acceptors (Lipinski definition) is 3. The summed E-state index contributed by atoms with van der Waals surface area (Å²) in [5, 5.41) is 8.17. The van der Waals surface area contributed by atoms with E-state index in [1.165, 1.54) is 17.6 Å². The number of amides is 1. The predicted octanol–water partition coefficient (Wildman–Crippen LogP) is 1.16. The summed E-state index contributed by atoms with van der Waals surface area (Å²) in [5.74, 6) is -0.552. The van der Waals surface area contributed by atoms with Crippen LogP contribution in [0.15, 0.2) is 42.8 Å². The quantitative estimate of drug-likeness (QED) is 0.325. The van der Waals surface area contributed by atoms with Crippen LogP contribution in [0.3, 0.4) is 0 Å². The number of carbonyl (C=O) groups excluding carboxylic acids is 1. The molecule has 0 bridgehead atoms. The number of hydroxylamine groups is 1. The first-order valence-corrected chi connectivity index (χ1v) is 4.02. The Kier molecular flexibility index (Phi) is 4.10. The highest BCUT2D eigenvalue weighted by Crippen LogP contribution is 1.98. The van der Waals surface area contributed by atoms with E-state index in [0.29, 0.717) is 0 Å². The van der Waals surface area contributed by atoms with Gasteiger partial charge in [-0.2, -0.15) is 0 Å². The van der Waals surface area contributed by atoms with Gasteiger partial charge in [0.15, 0.2) is 0 Å². The van der Waals surface area contributed by atoms with Crippen molar-refractivity contribution >= 4 is 12.0 Å². The summed E-state index contributed by atoms with van der Waals surface area (Å²) in [4.78, 5) is 14.4. The van der Waals surface area contributed by atoms with Crippen molar-refractivity contribution < 1.29 is 10.0 Å². The van der Waals surface area contributed by atoms with Gasteiger partial charge in [-0.1, -0.05) is 18.2 Å². The Bertz CT molecular complexity index is 344. The van der Waals surface area contributed by atoms with Crippen molar-refractivity contribution in [2.75, 3.05) is 0 Å². The van der Waals surface area contributed by atoms with Gasteiger partial charge in [0, 0.05) is 18.5 Å². The molecule has 72 valence electrons. The lowest BCUT2D eigenvalue weighted by Crippen LogP contribution is -2.14. The number of aromatic nitrogens is 1. The summed E-state index contributed by atoms with van der Waals surface area (Å²) in [6, 6.07) is 3.69. The molecule has 2 N–H and O–H groups in total. The van der Waals surface area contributed by atoms with Crippen molar-refractivity contribution in [3.63, 3.8) is 0 Å². The summed E-state index contributed by atoms with van der Waals surface area (Å²) in [6.45, 7) is 0. The normalized spacial score (nSPS) is 10.9. The minimum Gasteiger partial charge on any atom is -0.288 e. The van der Waals surface area contributed by atoms with Gasteiger partial charge in [0.05, 0.1) is 0 Å². The Hall–Kier alpha value is -1.94. The van der Waals surface area contributed by atoms with Gasteiger partial charge in [0.1, 0.15) is 0 Å². The lowest BCUT2D eigenvalue weighted by molar-refractivity contribution is -0.124. The van der Waals surface area contributed by atoms with Crippen LogP contribution in [0, 0.1) is 0 Å². The monoisotopic (exact) mass is 190 g/mol. The van der Waals surface area contributed by atoms with E-state index in [1.807, 2.05) is 18.2 Å². The molecule has 1 aromatic rings. The minimum absolute atomic E-state index is 0.552. The van der Waals surface area contributed by atoms with E-state index >= 15 is 0 Å². The van der Waals surface area contributed by atoms with Crippen LogP contribution in [0.4, 0.5) is 0 Å². The molecular formula is C10H10N2O2. The topological polar surface area (TPSA) is 62.2 Å². The number of carbonyl (C=O) groups is 1. The summed E-state index contributed by atoms with van der Waals surface area (Å²) < 4.78 is 0. The van der Waals surface area contributed by atoms with E-state index in [2.05, 4.69) is 4.98 Å². The van der Waals surface area contributed by atoms with E-state index in [1.54, 1.807) is 18.5 Å². The minimum atomic E-state index is -0.552. The maximum Gasteiger partial charge on any atom is 0.267 e. The van der Waals surface area contributed by atoms with Gasteiger partial charge in [-0.05, 0) is 17.7 Å². The highest BCUT2D eigenvalue weighted by Gasteiger charge is 1.85. The summed E-state index contributed by atoms with van der Waals surface area (Å²) in [7, 11) is 0. The fraction of sp³-hybridized carbons (Fsp3) is 0. The van der Waals surface area contributed by atoms with Gasteiger partial charge >= 0.3 is 0 Å². The van der Waals surface area contributed by atoms with Crippen molar-refractivity contribution in [2.45, 2.75) is 0 Å². The average molecular weight is 190 g/mol. The van der Waals surface area contributed by atoms with Crippen LogP contribution in [0.1, 0.15) is 5.56 Å². The van der Waals surface area contributed by atoms with Crippen molar-refractivity contribution in [1.29, 1.82) is 0 Å². The second-order valence-corrected chi connectivity index (χ2v) is 2.47. The van der Waals surface area contributed by atoms with Crippen molar-refractivity contribution in [2.24, 2.45) is 0 Å². The standard InChI is InChI=1S/C10H10N2O2/c13-10(12-14)4-2-1-3-9-5-7-11-8-6-9/h1-8,14H,(H,12,13)/b3-1+,4-2+. The van der Waals surface area contributed by atoms with E-state index < -0.39 is 5.91 Å². The molecule has 1 rings (SSSR count). The van der Waals surface area contributed by atoms with Gasteiger partial charge in [-0.3, -0.25) is 15.0 Å². The number of rotatable bonds is 3. The first kappa shape index (κ1) is 10.1. The third kappa shape index (κ3) is 3.64. The van der Waals surface area contributed by atoms with Gasteiger partial charge in [0.2, 0.25) is 0 Å². The largest absolute Gasteiger partial charge is 0.288 e. The molecule has 0 aliphatic rings. The molecule has 0 saturated carbocycles. The predicted molar refractivity (Wildman–Crippen MR) is 52.3 cm³/mol. The molecule has 1 amide bonds. The molecule has 0 aliphatic heterocycles. The highest BCUT2D eigenvalue weighted by molar-refractivity contribution is 5.86. The maximum atomic E-state index is 10.5. The molecular weight excluding hydrogens is 180 g/mol. The molecule has 0 atom stereocenters. The zero-order valence-corrected chi connectivity index (χ0v) is 7.42. The van der Waals surface area contributed by atoms with E-state index in [-0.39, 0.29) is 0 Å². The van der Waals surface area contributed by atoms with Crippen LogP contribution in [-0.4, -0.2) is 16.1 Å². The van der Waals surface area contributed by atoms with E-state index in [9.17, 15) is 4.79 Å². The number of allylic oxidation sites excluding steroid dienone is 2. The van der Waals surface area contributed by atoms with Crippen LogP contribution in [0.2, 0.25) is 0 Å². The van der Waals surface area contributed by atoms with Crippen LogP contribution in [-0.2, 0) is 4.79 Å². The molecule has 0 fully saturated rings. The van der Waals surface area contributed by atoms with E-state index in [0.717, 1.165) is 5.56 Å². The molecule has 0 spiro atoms. The third-order valence-electron chi connectivity index (χ3n) is 1.46. The van der Waals surface area contributed by atoms with Gasteiger partial charge < -0.3 is 0 Å². The SMILES string of the molecule is O=C(/C=C/C=C/c1ccncc1)NO. The zero-order valence-electron chi connectivity index (χ0n) is 7.42. The smallest absolute Gasteiger partial charge is 0.267 e. The molecule has 1 aromatic heterocycles. The second kappa shape index (κ2) is 5.66. The highest BCUT2D eigenvalue weighted by atomic mass is 16.5. The summed E-state index contributed by atoms with van der Waals surface area (Å²) >= 11 is 0. The van der Waals surface area contributed by atoms with Crippen LogP contribution in [0.25, 0.3) is 6.08 Å². The lowest BCUT2D eigenvalue weighted by Gasteiger charge is -1.88. The Morgan fingerprint density at radius 2 is 2.07 bits per heavy atom. The zero-order chi connectivity index (χ0) is 10.2. The van der Waals surface area contributed by atoms with Crippen LogP contribution >= 0.6 is 0 Å². The fourth-order valence-electron chi connectivity index (χ4n) is 0.821. The number of pyridine rings is 1. The molecule has 1 heterocycles. The summed E-state index contributed by atoms with van der Waals surface area (Å²) in [5.41, 5.74) is 2.49. The molecule has 0 radical (unpaired) electrons. The first-order chi connectivity index (χ1) is 6.83. The lowest BCUT2D eigenvalue weighted by atomic mass is 10.2. The Balaban J connectivity index is 2.50. The van der Waals surface area contributed by atoms with Crippen molar-refractivity contribution in [3.8, 4) is 0 Å². The summed E-state index contributed by atoms with van der Waals surface area (Å²) in [6.07, 6.45) is 9.64. The maximum absolute atomic E-state index is 10.5. The molecule has 0 aromatic carbocycles. The van der Waals surface area contributed by atoms with Crippen molar-refractivity contribution in [1.82, 2.24) is 10.5 Å². The van der Waals surface area contributed by atoms with Crippen molar-refractivity contribution in [3.05, 3.63) is 48.3 Å².